The monoisotopic (exact) mass is 299 g/mol. The highest BCUT2D eigenvalue weighted by Gasteiger charge is 2.15. The van der Waals surface area contributed by atoms with Gasteiger partial charge in [-0.25, -0.2) is 4.39 Å². The van der Waals surface area contributed by atoms with Crippen molar-refractivity contribution in [3.63, 3.8) is 0 Å². The van der Waals surface area contributed by atoms with Crippen molar-refractivity contribution in [2.75, 3.05) is 0 Å². The van der Waals surface area contributed by atoms with E-state index >= 15 is 0 Å². The average molecular weight is 299 g/mol. The summed E-state index contributed by atoms with van der Waals surface area (Å²) in [6.45, 7) is 1.93. The van der Waals surface area contributed by atoms with Crippen LogP contribution in [0.15, 0.2) is 54.6 Å². The Morgan fingerprint density at radius 2 is 1.90 bits per heavy atom. The highest BCUT2D eigenvalue weighted by molar-refractivity contribution is 7.20. The number of nitrogens with one attached hydrogen (secondary N) is 1. The fourth-order valence-corrected chi connectivity index (χ4v) is 3.21. The number of amides is 1. The van der Waals surface area contributed by atoms with Crippen LogP contribution in [0.5, 0.6) is 0 Å². The molecule has 3 aromatic rings. The van der Waals surface area contributed by atoms with E-state index in [1.807, 2.05) is 43.3 Å². The number of hydrogen-bond donors (Lipinski definition) is 1. The van der Waals surface area contributed by atoms with Crippen molar-refractivity contribution in [3.05, 3.63) is 70.9 Å². The summed E-state index contributed by atoms with van der Waals surface area (Å²) in [6.07, 6.45) is 0. The molecule has 1 aromatic heterocycles. The zero-order chi connectivity index (χ0) is 14.8. The molecule has 1 heterocycles. The van der Waals surface area contributed by atoms with Gasteiger partial charge in [-0.2, -0.15) is 0 Å². The van der Waals surface area contributed by atoms with Gasteiger partial charge >= 0.3 is 0 Å². The first kappa shape index (κ1) is 13.8. The fourth-order valence-electron chi connectivity index (χ4n) is 2.23. The minimum Gasteiger partial charge on any atom is -0.345 e. The molecule has 0 radical (unpaired) electrons. The predicted octanol–water partition coefficient (Wildman–Crippen LogP) is 4.53. The molecule has 0 saturated carbocycles. The van der Waals surface area contributed by atoms with Crippen molar-refractivity contribution < 1.29 is 9.18 Å². The van der Waals surface area contributed by atoms with Gasteiger partial charge < -0.3 is 5.32 Å². The minimum atomic E-state index is -0.293. The maximum atomic E-state index is 13.7. The van der Waals surface area contributed by atoms with Crippen LogP contribution < -0.4 is 5.32 Å². The van der Waals surface area contributed by atoms with E-state index < -0.39 is 0 Å². The maximum absolute atomic E-state index is 13.7. The summed E-state index contributed by atoms with van der Waals surface area (Å²) >= 11 is 1.30. The van der Waals surface area contributed by atoms with E-state index in [0.29, 0.717) is 10.3 Å². The van der Waals surface area contributed by atoms with Gasteiger partial charge in [0, 0.05) is 10.1 Å². The largest absolute Gasteiger partial charge is 0.345 e. The van der Waals surface area contributed by atoms with Crippen molar-refractivity contribution in [1.82, 2.24) is 5.32 Å². The molecule has 3 rings (SSSR count). The number of hydrogen-bond acceptors (Lipinski definition) is 2. The van der Waals surface area contributed by atoms with Crippen LogP contribution in [0.4, 0.5) is 4.39 Å². The highest BCUT2D eigenvalue weighted by Crippen LogP contribution is 2.28. The summed E-state index contributed by atoms with van der Waals surface area (Å²) in [6, 6.07) is 16.2. The van der Waals surface area contributed by atoms with E-state index in [0.717, 1.165) is 10.3 Å². The van der Waals surface area contributed by atoms with Gasteiger partial charge in [0.15, 0.2) is 0 Å². The molecule has 0 aliphatic heterocycles. The molecule has 0 saturated heterocycles. The van der Waals surface area contributed by atoms with E-state index in [-0.39, 0.29) is 17.8 Å². The zero-order valence-corrected chi connectivity index (χ0v) is 12.3. The summed E-state index contributed by atoms with van der Waals surface area (Å²) in [5.74, 6) is -0.467. The Kier molecular flexibility index (Phi) is 3.71. The molecule has 1 N–H and O–H groups in total. The molecular weight excluding hydrogens is 285 g/mol. The lowest BCUT2D eigenvalue weighted by atomic mass is 10.1. The number of carbonyl (C=O) groups is 1. The Morgan fingerprint density at radius 3 is 2.62 bits per heavy atom. The van der Waals surface area contributed by atoms with Gasteiger partial charge in [0.25, 0.3) is 5.91 Å². The minimum absolute atomic E-state index is 0.0891. The fraction of sp³-hybridized carbons (Fsp3) is 0.118. The van der Waals surface area contributed by atoms with Gasteiger partial charge in [-0.1, -0.05) is 36.4 Å². The molecule has 1 amide bonds. The Bertz CT molecular complexity index is 782. The summed E-state index contributed by atoms with van der Waals surface area (Å²) in [5.41, 5.74) is 1.04. The first-order chi connectivity index (χ1) is 10.1. The van der Waals surface area contributed by atoms with Gasteiger partial charge in [-0.05, 0) is 30.7 Å². The summed E-state index contributed by atoms with van der Waals surface area (Å²) in [7, 11) is 0. The third-order valence-electron chi connectivity index (χ3n) is 3.38. The zero-order valence-electron chi connectivity index (χ0n) is 11.5. The SMILES string of the molecule is C[C@@H](NC(=O)c1cc2c(F)cccc2s1)c1ccccc1. The third kappa shape index (κ3) is 2.81. The van der Waals surface area contributed by atoms with Crippen molar-refractivity contribution in [1.29, 1.82) is 0 Å². The quantitative estimate of drug-likeness (QED) is 0.756. The number of thiophene rings is 1. The molecule has 0 aliphatic carbocycles. The maximum Gasteiger partial charge on any atom is 0.261 e. The third-order valence-corrected chi connectivity index (χ3v) is 4.48. The lowest BCUT2D eigenvalue weighted by Crippen LogP contribution is -2.25. The van der Waals surface area contributed by atoms with E-state index in [4.69, 9.17) is 0 Å². The first-order valence-electron chi connectivity index (χ1n) is 6.69. The van der Waals surface area contributed by atoms with Crippen LogP contribution in [0.2, 0.25) is 0 Å². The van der Waals surface area contributed by atoms with Crippen LogP contribution in [0.25, 0.3) is 10.1 Å². The molecule has 0 unspecified atom stereocenters. The molecule has 1 atom stereocenters. The molecule has 0 bridgehead atoms. The smallest absolute Gasteiger partial charge is 0.261 e. The first-order valence-corrected chi connectivity index (χ1v) is 7.50. The van der Waals surface area contributed by atoms with Gasteiger partial charge in [0.2, 0.25) is 0 Å². The molecule has 0 aliphatic rings. The Morgan fingerprint density at radius 1 is 1.14 bits per heavy atom. The van der Waals surface area contributed by atoms with Crippen LogP contribution in [0.1, 0.15) is 28.2 Å². The Labute approximate surface area is 126 Å². The number of carbonyl (C=O) groups excluding carboxylic acids is 1. The standard InChI is InChI=1S/C17H14FNOS/c1-11(12-6-3-2-4-7-12)19-17(20)16-10-13-14(18)8-5-9-15(13)21-16/h2-11H,1H3,(H,19,20)/t11-/m1/s1. The van der Waals surface area contributed by atoms with E-state index in [1.54, 1.807) is 12.1 Å². The summed E-state index contributed by atoms with van der Waals surface area (Å²) in [4.78, 5) is 12.8. The van der Waals surface area contributed by atoms with Crippen LogP contribution in [-0.2, 0) is 0 Å². The summed E-state index contributed by atoms with van der Waals surface area (Å²) < 4.78 is 14.5. The van der Waals surface area contributed by atoms with E-state index in [2.05, 4.69) is 5.32 Å². The molecule has 0 spiro atoms. The molecular formula is C17H14FNOS. The second-order valence-electron chi connectivity index (χ2n) is 4.87. The van der Waals surface area contributed by atoms with Gasteiger partial charge in [0.1, 0.15) is 5.82 Å². The van der Waals surface area contributed by atoms with Crippen LogP contribution in [0.3, 0.4) is 0 Å². The van der Waals surface area contributed by atoms with Gasteiger partial charge in [-0.15, -0.1) is 11.3 Å². The van der Waals surface area contributed by atoms with Gasteiger partial charge in [0.05, 0.1) is 10.9 Å². The van der Waals surface area contributed by atoms with Crippen LogP contribution in [0, 0.1) is 5.82 Å². The average Bonchev–Trinajstić information content (AvgIpc) is 2.94. The Hall–Kier alpha value is -2.20. The second kappa shape index (κ2) is 5.66. The normalized spacial score (nSPS) is 12.3. The number of fused-ring (bicyclic) bond motifs is 1. The highest BCUT2D eigenvalue weighted by atomic mass is 32.1. The topological polar surface area (TPSA) is 29.1 Å². The molecule has 0 fully saturated rings. The van der Waals surface area contributed by atoms with Crippen molar-refractivity contribution in [2.24, 2.45) is 0 Å². The summed E-state index contributed by atoms with van der Waals surface area (Å²) in [5, 5.41) is 3.44. The molecule has 21 heavy (non-hydrogen) atoms. The van der Waals surface area contributed by atoms with Crippen LogP contribution in [-0.4, -0.2) is 5.91 Å². The molecule has 2 nitrogen and oxygen atoms in total. The predicted molar refractivity (Wildman–Crippen MR) is 84.1 cm³/mol. The second-order valence-corrected chi connectivity index (χ2v) is 5.95. The molecule has 4 heteroatoms. The van der Waals surface area contributed by atoms with Crippen molar-refractivity contribution in [3.8, 4) is 0 Å². The number of benzene rings is 2. The number of rotatable bonds is 3. The molecule has 106 valence electrons. The van der Waals surface area contributed by atoms with Gasteiger partial charge in [-0.3, -0.25) is 4.79 Å². The van der Waals surface area contributed by atoms with E-state index in [9.17, 15) is 9.18 Å². The van der Waals surface area contributed by atoms with Crippen LogP contribution >= 0.6 is 11.3 Å². The lowest BCUT2D eigenvalue weighted by molar-refractivity contribution is 0.0944. The van der Waals surface area contributed by atoms with Crippen molar-refractivity contribution >= 4 is 27.3 Å². The van der Waals surface area contributed by atoms with E-state index in [1.165, 1.54) is 17.4 Å². The molecule has 2 aromatic carbocycles. The van der Waals surface area contributed by atoms with Crippen molar-refractivity contribution in [2.45, 2.75) is 13.0 Å². The lowest BCUT2D eigenvalue weighted by Gasteiger charge is -2.13. The Balaban J connectivity index is 1.82. The number of halogens is 1.